The first kappa shape index (κ1) is 18.1. The number of esters is 1. The molecular weight excluding hydrogens is 396 g/mol. The summed E-state index contributed by atoms with van der Waals surface area (Å²) in [5, 5.41) is 1.61. The minimum Gasteiger partial charge on any atom is -0.492 e. The summed E-state index contributed by atoms with van der Waals surface area (Å²) in [6.07, 6.45) is 1.58. The summed E-state index contributed by atoms with van der Waals surface area (Å²) in [6.45, 7) is 2.62. The van der Waals surface area contributed by atoms with Crippen molar-refractivity contribution in [2.45, 2.75) is 13.3 Å². The maximum Gasteiger partial charge on any atom is 0.343 e. The van der Waals surface area contributed by atoms with Crippen LogP contribution in [0.4, 0.5) is 0 Å². The Balaban J connectivity index is 1.92. The molecule has 0 aliphatic rings. The fourth-order valence-corrected chi connectivity index (χ4v) is 3.07. The van der Waals surface area contributed by atoms with Gasteiger partial charge in [-0.1, -0.05) is 37.3 Å². The molecule has 0 bridgehead atoms. The number of ether oxygens (including phenoxy) is 2. The van der Waals surface area contributed by atoms with E-state index < -0.39 is 5.97 Å². The highest BCUT2D eigenvalue weighted by molar-refractivity contribution is 9.10. The first-order valence-corrected chi connectivity index (χ1v) is 9.04. The van der Waals surface area contributed by atoms with Gasteiger partial charge in [-0.2, -0.15) is 0 Å². The normalized spacial score (nSPS) is 10.5. The number of carbonyl (C=O) groups is 2. The van der Waals surface area contributed by atoms with Gasteiger partial charge in [-0.3, -0.25) is 4.79 Å². The summed E-state index contributed by atoms with van der Waals surface area (Å²) in [6, 6.07) is 15.9. The average Bonchev–Trinajstić information content (AvgIpc) is 2.67. The Morgan fingerprint density at radius 3 is 2.65 bits per heavy atom. The van der Waals surface area contributed by atoms with Gasteiger partial charge in [0, 0.05) is 5.39 Å². The van der Waals surface area contributed by atoms with Gasteiger partial charge >= 0.3 is 5.97 Å². The zero-order valence-electron chi connectivity index (χ0n) is 14.2. The molecule has 132 valence electrons. The molecule has 26 heavy (non-hydrogen) atoms. The molecule has 0 aliphatic heterocycles. The van der Waals surface area contributed by atoms with E-state index in [1.54, 1.807) is 24.3 Å². The van der Waals surface area contributed by atoms with Crippen LogP contribution in [0.25, 0.3) is 10.8 Å². The molecule has 0 unspecified atom stereocenters. The molecule has 0 N–H and O–H groups in total. The lowest BCUT2D eigenvalue weighted by atomic mass is 10.1. The molecule has 3 aromatic rings. The third kappa shape index (κ3) is 3.78. The number of hydrogen-bond donors (Lipinski definition) is 0. The van der Waals surface area contributed by atoms with Crippen LogP contribution >= 0.6 is 15.9 Å². The van der Waals surface area contributed by atoms with E-state index in [0.29, 0.717) is 39.6 Å². The Kier molecular flexibility index (Phi) is 5.68. The molecule has 0 saturated carbocycles. The standard InChI is InChI=1S/C21H17BrO4/c1-2-11-25-19-10-9-15(12-18(19)22)21(24)26-20-16(13-23)8-7-14-5-3-4-6-17(14)20/h3-10,12-13H,2,11H2,1H3. The van der Waals surface area contributed by atoms with Crippen molar-refractivity contribution >= 4 is 39.0 Å². The van der Waals surface area contributed by atoms with Crippen molar-refractivity contribution in [3.8, 4) is 11.5 Å². The van der Waals surface area contributed by atoms with Gasteiger partial charge in [0.15, 0.2) is 6.29 Å². The molecule has 0 amide bonds. The Morgan fingerprint density at radius 2 is 1.92 bits per heavy atom. The number of rotatable bonds is 6. The van der Waals surface area contributed by atoms with Crippen molar-refractivity contribution in [3.63, 3.8) is 0 Å². The fraction of sp³-hybridized carbons (Fsp3) is 0.143. The van der Waals surface area contributed by atoms with Crippen molar-refractivity contribution in [2.24, 2.45) is 0 Å². The molecule has 0 radical (unpaired) electrons. The molecule has 0 aliphatic carbocycles. The molecule has 0 aromatic heterocycles. The van der Waals surface area contributed by atoms with Crippen LogP contribution in [0.1, 0.15) is 34.1 Å². The fourth-order valence-electron chi connectivity index (χ4n) is 2.58. The van der Waals surface area contributed by atoms with Crippen molar-refractivity contribution in [2.75, 3.05) is 6.61 Å². The minimum absolute atomic E-state index is 0.269. The minimum atomic E-state index is -0.535. The molecule has 3 rings (SSSR count). The van der Waals surface area contributed by atoms with Crippen LogP contribution < -0.4 is 9.47 Å². The van der Waals surface area contributed by atoms with Crippen molar-refractivity contribution in [1.29, 1.82) is 0 Å². The lowest BCUT2D eigenvalue weighted by Gasteiger charge is -2.12. The number of hydrogen-bond acceptors (Lipinski definition) is 4. The number of aldehydes is 1. The SMILES string of the molecule is CCCOc1ccc(C(=O)Oc2c(C=O)ccc3ccccc23)cc1Br. The lowest BCUT2D eigenvalue weighted by Crippen LogP contribution is -2.10. The first-order valence-electron chi connectivity index (χ1n) is 8.25. The van der Waals surface area contributed by atoms with E-state index in [1.807, 2.05) is 37.3 Å². The molecular formula is C21H17BrO4. The summed E-state index contributed by atoms with van der Waals surface area (Å²) in [5.41, 5.74) is 0.699. The number of fused-ring (bicyclic) bond motifs is 1. The van der Waals surface area contributed by atoms with Crippen LogP contribution in [0.3, 0.4) is 0 Å². The second-order valence-electron chi connectivity index (χ2n) is 5.71. The van der Waals surface area contributed by atoms with Crippen LogP contribution in [-0.4, -0.2) is 18.9 Å². The summed E-state index contributed by atoms with van der Waals surface area (Å²) in [7, 11) is 0. The van der Waals surface area contributed by atoms with E-state index in [-0.39, 0.29) is 5.75 Å². The first-order chi connectivity index (χ1) is 12.6. The van der Waals surface area contributed by atoms with E-state index in [9.17, 15) is 9.59 Å². The zero-order valence-corrected chi connectivity index (χ0v) is 15.8. The highest BCUT2D eigenvalue weighted by atomic mass is 79.9. The van der Waals surface area contributed by atoms with Gasteiger partial charge in [0.05, 0.1) is 22.2 Å². The van der Waals surface area contributed by atoms with Gasteiger partial charge in [-0.15, -0.1) is 0 Å². The van der Waals surface area contributed by atoms with Crippen LogP contribution in [-0.2, 0) is 0 Å². The van der Waals surface area contributed by atoms with Gasteiger partial charge in [-0.25, -0.2) is 4.79 Å². The predicted molar refractivity (Wildman–Crippen MR) is 104 cm³/mol. The second-order valence-corrected chi connectivity index (χ2v) is 6.56. The zero-order chi connectivity index (χ0) is 18.5. The second kappa shape index (κ2) is 8.15. The third-order valence-corrected chi connectivity index (χ3v) is 4.48. The van der Waals surface area contributed by atoms with E-state index >= 15 is 0 Å². The van der Waals surface area contributed by atoms with Crippen molar-refractivity contribution in [1.82, 2.24) is 0 Å². The van der Waals surface area contributed by atoms with Gasteiger partial charge < -0.3 is 9.47 Å². The third-order valence-electron chi connectivity index (χ3n) is 3.86. The predicted octanol–water partition coefficient (Wildman–Crippen LogP) is 5.42. The Morgan fingerprint density at radius 1 is 1.12 bits per heavy atom. The molecule has 3 aromatic carbocycles. The molecule has 0 fully saturated rings. The van der Waals surface area contributed by atoms with Crippen LogP contribution in [0.15, 0.2) is 59.1 Å². The van der Waals surface area contributed by atoms with E-state index in [0.717, 1.165) is 11.8 Å². The molecule has 0 saturated heterocycles. The Hall–Kier alpha value is -2.66. The van der Waals surface area contributed by atoms with Crippen LogP contribution in [0, 0.1) is 0 Å². The van der Waals surface area contributed by atoms with Gasteiger partial charge in [0.25, 0.3) is 0 Å². The Labute approximate surface area is 159 Å². The molecule has 0 spiro atoms. The molecule has 5 heteroatoms. The van der Waals surface area contributed by atoms with Crippen molar-refractivity contribution in [3.05, 3.63) is 70.2 Å². The summed E-state index contributed by atoms with van der Waals surface area (Å²) >= 11 is 3.41. The van der Waals surface area contributed by atoms with Crippen LogP contribution in [0.5, 0.6) is 11.5 Å². The maximum atomic E-state index is 12.6. The molecule has 4 nitrogen and oxygen atoms in total. The smallest absolute Gasteiger partial charge is 0.343 e. The average molecular weight is 413 g/mol. The number of carbonyl (C=O) groups excluding carboxylic acids is 2. The lowest BCUT2D eigenvalue weighted by molar-refractivity contribution is 0.0736. The van der Waals surface area contributed by atoms with Gasteiger partial charge in [0.2, 0.25) is 0 Å². The van der Waals surface area contributed by atoms with E-state index in [1.165, 1.54) is 0 Å². The highest BCUT2D eigenvalue weighted by Crippen LogP contribution is 2.31. The highest BCUT2D eigenvalue weighted by Gasteiger charge is 2.16. The van der Waals surface area contributed by atoms with E-state index in [2.05, 4.69) is 15.9 Å². The molecule has 0 atom stereocenters. The number of halogens is 1. The van der Waals surface area contributed by atoms with Crippen LogP contribution in [0.2, 0.25) is 0 Å². The molecule has 0 heterocycles. The van der Waals surface area contributed by atoms with Gasteiger partial charge in [-0.05, 0) is 52.0 Å². The van der Waals surface area contributed by atoms with E-state index in [4.69, 9.17) is 9.47 Å². The Bertz CT molecular complexity index is 965. The monoisotopic (exact) mass is 412 g/mol. The van der Waals surface area contributed by atoms with Gasteiger partial charge in [0.1, 0.15) is 11.5 Å². The maximum absolute atomic E-state index is 12.6. The largest absolute Gasteiger partial charge is 0.492 e. The van der Waals surface area contributed by atoms with Crippen molar-refractivity contribution < 1.29 is 19.1 Å². The summed E-state index contributed by atoms with van der Waals surface area (Å²) in [5.74, 6) is 0.403. The topological polar surface area (TPSA) is 52.6 Å². The summed E-state index contributed by atoms with van der Waals surface area (Å²) in [4.78, 5) is 24.0. The quantitative estimate of drug-likeness (QED) is 0.308. The summed E-state index contributed by atoms with van der Waals surface area (Å²) < 4.78 is 11.8. The number of benzene rings is 3.